The Labute approximate surface area is 66.2 Å². The first-order valence-corrected chi connectivity index (χ1v) is 3.52. The maximum absolute atomic E-state index is 10.9. The van der Waals surface area contributed by atoms with Crippen molar-refractivity contribution in [1.29, 1.82) is 0 Å². The first kappa shape index (κ1) is 13.7. The van der Waals surface area contributed by atoms with E-state index in [0.29, 0.717) is 0 Å². The summed E-state index contributed by atoms with van der Waals surface area (Å²) in [7, 11) is -3.92. The van der Waals surface area contributed by atoms with Crippen LogP contribution < -0.4 is 0 Å². The monoisotopic (exact) mass is 210 g/mol. The summed E-state index contributed by atoms with van der Waals surface area (Å²) in [6.45, 7) is 0. The van der Waals surface area contributed by atoms with Gasteiger partial charge in [0, 0.05) is 0 Å². The number of carboxylic acid groups (broad SMARTS) is 1. The molecule has 0 aliphatic heterocycles. The fourth-order valence-corrected chi connectivity index (χ4v) is 0. The van der Waals surface area contributed by atoms with E-state index in [4.69, 9.17) is 18.3 Å². The standard InChI is InChI=1S/C2H2F2O2.CH3FO3S/c3-1(4)2(5)6;1-5-6(2,3)4/h1H,(H,5,6);1H3. The van der Waals surface area contributed by atoms with E-state index in [-0.39, 0.29) is 0 Å². The van der Waals surface area contributed by atoms with Gasteiger partial charge >= 0.3 is 22.9 Å². The Morgan fingerprint density at radius 1 is 1.50 bits per heavy atom. The molecule has 0 fully saturated rings. The van der Waals surface area contributed by atoms with E-state index in [0.717, 1.165) is 7.11 Å². The molecule has 0 aromatic carbocycles. The summed E-state index contributed by atoms with van der Waals surface area (Å²) in [4.78, 5) is 8.95. The average Bonchev–Trinajstić information content (AvgIpc) is 1.87. The molecule has 0 aromatic rings. The van der Waals surface area contributed by atoms with Gasteiger partial charge in [-0.25, -0.2) is 8.98 Å². The van der Waals surface area contributed by atoms with Crippen molar-refractivity contribution in [3.05, 3.63) is 0 Å². The van der Waals surface area contributed by atoms with Crippen molar-refractivity contribution in [2.45, 2.75) is 6.43 Å². The number of aliphatic carboxylic acids is 1. The summed E-state index contributed by atoms with van der Waals surface area (Å²) in [5, 5.41) is 7.24. The van der Waals surface area contributed by atoms with Gasteiger partial charge in [0.05, 0.1) is 7.11 Å². The van der Waals surface area contributed by atoms with Crippen LogP contribution in [-0.2, 0) is 19.5 Å². The highest BCUT2D eigenvalue weighted by molar-refractivity contribution is 7.81. The molecule has 9 heteroatoms. The summed E-state index contributed by atoms with van der Waals surface area (Å²) in [6, 6.07) is 0. The SMILES string of the molecule is COS(=O)(=O)F.O=C(O)C(F)F. The van der Waals surface area contributed by atoms with Crippen molar-refractivity contribution in [2.24, 2.45) is 0 Å². The summed E-state index contributed by atoms with van der Waals surface area (Å²) >= 11 is 0. The van der Waals surface area contributed by atoms with Crippen molar-refractivity contribution in [3.63, 3.8) is 0 Å². The maximum atomic E-state index is 10.9. The topological polar surface area (TPSA) is 80.7 Å². The lowest BCUT2D eigenvalue weighted by Gasteiger charge is -1.81. The zero-order chi connectivity index (χ0) is 10.4. The molecular formula is C3H5F3O5S. The molecule has 0 saturated carbocycles. The van der Waals surface area contributed by atoms with Crippen LogP contribution in [0.2, 0.25) is 0 Å². The molecule has 74 valence electrons. The lowest BCUT2D eigenvalue weighted by atomic mass is 10.7. The van der Waals surface area contributed by atoms with Gasteiger partial charge in [0.1, 0.15) is 0 Å². The van der Waals surface area contributed by atoms with Gasteiger partial charge in [-0.05, 0) is 0 Å². The Bertz CT molecular complexity index is 222. The van der Waals surface area contributed by atoms with E-state index in [1.807, 2.05) is 0 Å². The van der Waals surface area contributed by atoms with Crippen LogP contribution in [0.1, 0.15) is 0 Å². The minimum Gasteiger partial charge on any atom is -0.477 e. The smallest absolute Gasteiger partial charge is 0.437 e. The van der Waals surface area contributed by atoms with E-state index < -0.39 is 22.9 Å². The van der Waals surface area contributed by atoms with E-state index in [1.165, 1.54) is 0 Å². The Morgan fingerprint density at radius 3 is 1.67 bits per heavy atom. The van der Waals surface area contributed by atoms with Crippen LogP contribution in [-0.4, -0.2) is 33.0 Å². The molecule has 0 aromatic heterocycles. The molecule has 0 aliphatic rings. The predicted octanol–water partition coefficient (Wildman–Crippen LogP) is 0.183. The van der Waals surface area contributed by atoms with Gasteiger partial charge < -0.3 is 5.11 Å². The third kappa shape index (κ3) is 16.1. The second-order valence-corrected chi connectivity index (χ2v) is 2.32. The van der Waals surface area contributed by atoms with Gasteiger partial charge in [0.25, 0.3) is 0 Å². The molecular weight excluding hydrogens is 205 g/mol. The number of carboxylic acids is 1. The van der Waals surface area contributed by atoms with E-state index in [2.05, 4.69) is 4.18 Å². The molecule has 0 radical (unpaired) electrons. The van der Waals surface area contributed by atoms with Crippen LogP contribution in [0.4, 0.5) is 12.7 Å². The normalized spacial score (nSPS) is 10.4. The quantitative estimate of drug-likeness (QED) is 0.657. The van der Waals surface area contributed by atoms with Gasteiger partial charge in [-0.3, -0.25) is 0 Å². The zero-order valence-corrected chi connectivity index (χ0v) is 6.52. The van der Waals surface area contributed by atoms with Crippen LogP contribution in [0, 0.1) is 0 Å². The number of halogens is 3. The van der Waals surface area contributed by atoms with Crippen molar-refractivity contribution in [3.8, 4) is 0 Å². The van der Waals surface area contributed by atoms with Crippen molar-refractivity contribution in [2.75, 3.05) is 7.11 Å². The molecule has 0 rings (SSSR count). The summed E-state index contributed by atoms with van der Waals surface area (Å²) in [5.41, 5.74) is 0. The number of hydrogen-bond donors (Lipinski definition) is 1. The Morgan fingerprint density at radius 2 is 1.67 bits per heavy atom. The van der Waals surface area contributed by atoms with Crippen molar-refractivity contribution >= 4 is 16.5 Å². The molecule has 0 aliphatic carbocycles. The van der Waals surface area contributed by atoms with Gasteiger partial charge in [-0.2, -0.15) is 17.2 Å². The summed E-state index contributed by atoms with van der Waals surface area (Å²) < 4.78 is 53.4. The molecule has 0 amide bonds. The second-order valence-electron chi connectivity index (χ2n) is 1.20. The number of hydrogen-bond acceptors (Lipinski definition) is 4. The van der Waals surface area contributed by atoms with Crippen LogP contribution in [0.3, 0.4) is 0 Å². The maximum Gasteiger partial charge on any atom is 0.437 e. The largest absolute Gasteiger partial charge is 0.477 e. The van der Waals surface area contributed by atoms with E-state index in [1.54, 1.807) is 0 Å². The molecule has 5 nitrogen and oxygen atoms in total. The molecule has 0 heterocycles. The third-order valence-corrected chi connectivity index (χ3v) is 0.784. The molecule has 0 unspecified atom stereocenters. The first-order valence-electron chi connectivity index (χ1n) is 2.22. The van der Waals surface area contributed by atoms with Crippen LogP contribution in [0.15, 0.2) is 0 Å². The van der Waals surface area contributed by atoms with Gasteiger partial charge in [0.15, 0.2) is 0 Å². The fourth-order valence-electron chi connectivity index (χ4n) is 0. The Balaban J connectivity index is 0. The summed E-state index contributed by atoms with van der Waals surface area (Å²) in [6.07, 6.45) is -3.23. The number of rotatable bonds is 2. The molecule has 0 spiro atoms. The molecule has 12 heavy (non-hydrogen) atoms. The zero-order valence-electron chi connectivity index (χ0n) is 5.70. The highest BCUT2D eigenvalue weighted by Gasteiger charge is 2.10. The second kappa shape index (κ2) is 5.77. The van der Waals surface area contributed by atoms with Gasteiger partial charge in [-0.15, -0.1) is 0 Å². The van der Waals surface area contributed by atoms with Crippen molar-refractivity contribution < 1.29 is 35.2 Å². The summed E-state index contributed by atoms with van der Waals surface area (Å²) in [5.74, 6) is -2.07. The Kier molecular flexibility index (Phi) is 6.61. The minimum atomic E-state index is -4.66. The molecule has 1 N–H and O–H groups in total. The third-order valence-electron chi connectivity index (χ3n) is 0.386. The van der Waals surface area contributed by atoms with Crippen LogP contribution in [0.5, 0.6) is 0 Å². The van der Waals surface area contributed by atoms with Crippen LogP contribution in [0.25, 0.3) is 0 Å². The first-order chi connectivity index (χ1) is 5.20. The van der Waals surface area contributed by atoms with E-state index in [9.17, 15) is 12.7 Å². The van der Waals surface area contributed by atoms with Gasteiger partial charge in [0.2, 0.25) is 0 Å². The van der Waals surface area contributed by atoms with Crippen molar-refractivity contribution in [1.82, 2.24) is 0 Å². The molecule has 0 atom stereocenters. The predicted molar refractivity (Wildman–Crippen MR) is 30.7 cm³/mol. The van der Waals surface area contributed by atoms with Crippen LogP contribution >= 0.6 is 0 Å². The fraction of sp³-hybridized carbons (Fsp3) is 0.667. The lowest BCUT2D eigenvalue weighted by Crippen LogP contribution is -2.06. The minimum absolute atomic E-state index is 0.745. The Hall–Kier alpha value is -0.830. The number of carbonyl (C=O) groups is 1. The van der Waals surface area contributed by atoms with E-state index >= 15 is 0 Å². The highest BCUT2D eigenvalue weighted by Crippen LogP contribution is 1.87. The molecule has 0 saturated heterocycles. The average molecular weight is 210 g/mol. The molecule has 0 bridgehead atoms. The number of alkyl halides is 2. The van der Waals surface area contributed by atoms with Gasteiger partial charge in [-0.1, -0.05) is 3.89 Å². The lowest BCUT2D eigenvalue weighted by molar-refractivity contribution is -0.149. The highest BCUT2D eigenvalue weighted by atomic mass is 32.3.